The Labute approximate surface area is 149 Å². The van der Waals surface area contributed by atoms with E-state index in [-0.39, 0.29) is 0 Å². The van der Waals surface area contributed by atoms with E-state index < -0.39 is 0 Å². The predicted molar refractivity (Wildman–Crippen MR) is 110 cm³/mol. The second-order valence-electron chi connectivity index (χ2n) is 8.40. The van der Waals surface area contributed by atoms with E-state index >= 15 is 0 Å². The van der Waals surface area contributed by atoms with Crippen LogP contribution in [0.4, 0.5) is 0 Å². The molecule has 23 heavy (non-hydrogen) atoms. The van der Waals surface area contributed by atoms with E-state index in [1.165, 1.54) is 51.4 Å². The van der Waals surface area contributed by atoms with Crippen LogP contribution in [0.1, 0.15) is 114 Å². The topological polar surface area (TPSA) is 0 Å². The number of hydrogen-bond donors (Lipinski definition) is 0. The summed E-state index contributed by atoms with van der Waals surface area (Å²) in [6.45, 7) is 20.6. The third-order valence-corrected chi connectivity index (χ3v) is 5.24. The van der Waals surface area contributed by atoms with Crippen LogP contribution in [-0.2, 0) is 0 Å². The second-order valence-corrected chi connectivity index (χ2v) is 8.40. The molecule has 0 fully saturated rings. The van der Waals surface area contributed by atoms with Crippen molar-refractivity contribution in [3.63, 3.8) is 0 Å². The molecular formula is C23H48. The van der Waals surface area contributed by atoms with Gasteiger partial charge >= 0.3 is 0 Å². The van der Waals surface area contributed by atoms with Gasteiger partial charge in [0.15, 0.2) is 0 Å². The Morgan fingerprint density at radius 3 is 1.78 bits per heavy atom. The molecule has 0 heteroatoms. The fourth-order valence-corrected chi connectivity index (χ4v) is 2.64. The average Bonchev–Trinajstić information content (AvgIpc) is 2.51. The molecule has 0 aromatic heterocycles. The Balaban J connectivity index is 0. The van der Waals surface area contributed by atoms with E-state index in [1.54, 1.807) is 0 Å². The smallest absolute Gasteiger partial charge is 0.0299 e. The van der Waals surface area contributed by atoms with Crippen LogP contribution in [0.25, 0.3) is 0 Å². The molecule has 0 N–H and O–H groups in total. The summed E-state index contributed by atoms with van der Waals surface area (Å²) in [6, 6.07) is 0. The first-order valence-electron chi connectivity index (χ1n) is 10.4. The molecule has 0 aromatic carbocycles. The summed E-state index contributed by atoms with van der Waals surface area (Å²) in [5, 5.41) is 0. The Kier molecular flexibility index (Phi) is 16.6. The molecule has 0 aliphatic carbocycles. The Morgan fingerprint density at radius 2 is 1.30 bits per heavy atom. The molecule has 0 aliphatic rings. The zero-order valence-corrected chi connectivity index (χ0v) is 18.0. The van der Waals surface area contributed by atoms with E-state index in [1.807, 2.05) is 13.8 Å². The number of rotatable bonds is 12. The lowest BCUT2D eigenvalue weighted by Gasteiger charge is -2.20. The highest BCUT2D eigenvalue weighted by molar-refractivity contribution is 4.87. The predicted octanol–water partition coefficient (Wildman–Crippen LogP) is 8.66. The van der Waals surface area contributed by atoms with E-state index in [0.717, 1.165) is 17.8 Å². The monoisotopic (exact) mass is 324 g/mol. The zero-order valence-electron chi connectivity index (χ0n) is 18.0. The van der Waals surface area contributed by atoms with Crippen molar-refractivity contribution in [3.05, 3.63) is 12.2 Å². The van der Waals surface area contributed by atoms with Crippen LogP contribution in [0.15, 0.2) is 12.2 Å². The van der Waals surface area contributed by atoms with Crippen molar-refractivity contribution >= 4 is 0 Å². The summed E-state index contributed by atoms with van der Waals surface area (Å²) in [5.74, 6) is 2.65. The van der Waals surface area contributed by atoms with E-state index in [2.05, 4.69) is 60.6 Å². The highest BCUT2D eigenvalue weighted by atomic mass is 14.2. The molecule has 0 bridgehead atoms. The summed E-state index contributed by atoms with van der Waals surface area (Å²) in [7, 11) is 0. The van der Waals surface area contributed by atoms with Crippen LogP contribution in [0.2, 0.25) is 0 Å². The SMILES string of the molecule is CC.CCC(C)(C)CC=CCCC[C@@H](C)[C@@H](C)CCCC(C)C. The molecule has 0 spiro atoms. The Bertz CT molecular complexity index is 259. The Morgan fingerprint density at radius 1 is 0.783 bits per heavy atom. The van der Waals surface area contributed by atoms with Crippen molar-refractivity contribution in [2.24, 2.45) is 23.2 Å². The van der Waals surface area contributed by atoms with E-state index in [4.69, 9.17) is 0 Å². The molecule has 0 aromatic rings. The quantitative estimate of drug-likeness (QED) is 0.249. The van der Waals surface area contributed by atoms with E-state index in [0.29, 0.717) is 5.41 Å². The maximum absolute atomic E-state index is 2.45. The molecule has 0 heterocycles. The maximum atomic E-state index is 2.45. The Hall–Kier alpha value is -0.260. The molecule has 0 saturated carbocycles. The first-order chi connectivity index (χ1) is 10.8. The minimum atomic E-state index is 0.481. The standard InChI is InChI=1S/C21H42.C2H6/c1-8-21(6,7)17-12-10-9-11-15-19(4)20(5)16-13-14-18(2)3;1-2/h10,12,18-20H,8-9,11,13-17H2,1-7H3;1-2H3/t19-,20+;/m1./s1. The van der Waals surface area contributed by atoms with Crippen LogP contribution in [0.3, 0.4) is 0 Å². The van der Waals surface area contributed by atoms with Gasteiger partial charge in [-0.05, 0) is 42.4 Å². The lowest BCUT2D eigenvalue weighted by molar-refractivity contribution is 0.322. The van der Waals surface area contributed by atoms with Crippen LogP contribution in [-0.4, -0.2) is 0 Å². The maximum Gasteiger partial charge on any atom is -0.0299 e. The summed E-state index contributed by atoms with van der Waals surface area (Å²) in [5.41, 5.74) is 0.481. The highest BCUT2D eigenvalue weighted by Gasteiger charge is 2.13. The second kappa shape index (κ2) is 15.3. The molecular weight excluding hydrogens is 276 g/mol. The fraction of sp³-hybridized carbons (Fsp3) is 0.913. The number of allylic oxidation sites excluding steroid dienone is 2. The molecule has 0 unspecified atom stereocenters. The van der Waals surface area contributed by atoms with Gasteiger partial charge in [-0.15, -0.1) is 0 Å². The van der Waals surface area contributed by atoms with Crippen molar-refractivity contribution in [2.45, 2.75) is 114 Å². The minimum Gasteiger partial charge on any atom is -0.0885 e. The van der Waals surface area contributed by atoms with Gasteiger partial charge in [0.1, 0.15) is 0 Å². The first-order valence-corrected chi connectivity index (χ1v) is 10.4. The van der Waals surface area contributed by atoms with Gasteiger partial charge in [-0.3, -0.25) is 0 Å². The summed E-state index contributed by atoms with van der Waals surface area (Å²) in [4.78, 5) is 0. The minimum absolute atomic E-state index is 0.481. The molecule has 0 aliphatic heterocycles. The normalized spacial score (nSPS) is 14.7. The van der Waals surface area contributed by atoms with Crippen molar-refractivity contribution in [2.75, 3.05) is 0 Å². The van der Waals surface area contributed by atoms with Crippen LogP contribution >= 0.6 is 0 Å². The fourth-order valence-electron chi connectivity index (χ4n) is 2.64. The van der Waals surface area contributed by atoms with Gasteiger partial charge in [0.05, 0.1) is 0 Å². The van der Waals surface area contributed by atoms with Crippen molar-refractivity contribution in [3.8, 4) is 0 Å². The van der Waals surface area contributed by atoms with Gasteiger partial charge in [0.25, 0.3) is 0 Å². The van der Waals surface area contributed by atoms with Gasteiger partial charge in [-0.1, -0.05) is 107 Å². The number of unbranched alkanes of at least 4 members (excludes halogenated alkanes) is 1. The van der Waals surface area contributed by atoms with E-state index in [9.17, 15) is 0 Å². The van der Waals surface area contributed by atoms with Gasteiger partial charge in [0.2, 0.25) is 0 Å². The molecule has 140 valence electrons. The summed E-state index contributed by atoms with van der Waals surface area (Å²) in [6.07, 6.45) is 15.6. The first kappa shape index (κ1) is 25.0. The van der Waals surface area contributed by atoms with Crippen molar-refractivity contribution in [1.82, 2.24) is 0 Å². The molecule has 0 nitrogen and oxygen atoms in total. The molecule has 0 rings (SSSR count). The van der Waals surface area contributed by atoms with Crippen molar-refractivity contribution in [1.29, 1.82) is 0 Å². The third-order valence-electron chi connectivity index (χ3n) is 5.24. The lowest BCUT2D eigenvalue weighted by atomic mass is 9.85. The van der Waals surface area contributed by atoms with Gasteiger partial charge in [-0.25, -0.2) is 0 Å². The lowest BCUT2D eigenvalue weighted by Crippen LogP contribution is -2.08. The number of hydrogen-bond acceptors (Lipinski definition) is 0. The molecule has 0 amide bonds. The summed E-state index contributed by atoms with van der Waals surface area (Å²) >= 11 is 0. The van der Waals surface area contributed by atoms with Gasteiger partial charge in [0, 0.05) is 0 Å². The zero-order chi connectivity index (χ0) is 18.3. The average molecular weight is 325 g/mol. The third kappa shape index (κ3) is 16.4. The van der Waals surface area contributed by atoms with Crippen LogP contribution in [0.5, 0.6) is 0 Å². The van der Waals surface area contributed by atoms with Crippen molar-refractivity contribution < 1.29 is 0 Å². The summed E-state index contributed by atoms with van der Waals surface area (Å²) < 4.78 is 0. The highest BCUT2D eigenvalue weighted by Crippen LogP contribution is 2.26. The van der Waals surface area contributed by atoms with Crippen LogP contribution in [0, 0.1) is 23.2 Å². The molecule has 0 saturated heterocycles. The van der Waals surface area contributed by atoms with Gasteiger partial charge < -0.3 is 0 Å². The largest absolute Gasteiger partial charge is 0.0885 e. The van der Waals surface area contributed by atoms with Gasteiger partial charge in [-0.2, -0.15) is 0 Å². The molecule has 2 atom stereocenters. The van der Waals surface area contributed by atoms with Crippen LogP contribution < -0.4 is 0 Å². The molecule has 0 radical (unpaired) electrons.